The topological polar surface area (TPSA) is 46.5 Å². The summed E-state index contributed by atoms with van der Waals surface area (Å²) in [4.78, 5) is 0. The monoisotopic (exact) mass is 432 g/mol. The molecule has 3 rings (SSSR count). The SMILES string of the molecule is CCCCCCC(C)(C)c1cc(O)c2c(c1)OC(C)(C)[C@H]1CC=C(CS(C)=O)CC21. The third-order valence-electron chi connectivity index (χ3n) is 7.21. The maximum atomic E-state index is 11.8. The Morgan fingerprint density at radius 3 is 2.63 bits per heavy atom. The molecule has 0 spiro atoms. The summed E-state index contributed by atoms with van der Waals surface area (Å²) in [6, 6.07) is 4.16. The molecule has 0 saturated heterocycles. The van der Waals surface area contributed by atoms with Gasteiger partial charge in [-0.3, -0.25) is 4.21 Å². The van der Waals surface area contributed by atoms with E-state index in [2.05, 4.69) is 46.8 Å². The Kier molecular flexibility index (Phi) is 7.06. The standard InChI is InChI=1S/C26H40O3S/c1-7-8-9-10-13-25(2,3)19-15-22(27)24-20-14-18(17-30(6)28)11-12-21(20)26(4,5)29-23(24)16-19/h11,15-16,20-21,27H,7-10,12-14,17H2,1-6H3/t20?,21-,30?/m0/s1. The molecule has 1 aliphatic carbocycles. The molecule has 3 nitrogen and oxygen atoms in total. The number of aromatic hydroxyl groups is 1. The molecule has 1 aromatic rings. The Balaban J connectivity index is 1.92. The van der Waals surface area contributed by atoms with E-state index in [-0.39, 0.29) is 16.9 Å². The lowest BCUT2D eigenvalue weighted by Gasteiger charge is -2.47. The van der Waals surface area contributed by atoms with Crippen LogP contribution in [0.3, 0.4) is 0 Å². The van der Waals surface area contributed by atoms with Crippen molar-refractivity contribution >= 4 is 10.8 Å². The van der Waals surface area contributed by atoms with Gasteiger partial charge in [0.1, 0.15) is 17.1 Å². The molecule has 0 fully saturated rings. The van der Waals surface area contributed by atoms with Crippen LogP contribution in [0.2, 0.25) is 0 Å². The second-order valence-corrected chi connectivity index (χ2v) is 12.0. The van der Waals surface area contributed by atoms with Crippen LogP contribution in [0.5, 0.6) is 11.5 Å². The maximum Gasteiger partial charge on any atom is 0.127 e. The molecule has 0 amide bonds. The highest BCUT2D eigenvalue weighted by Gasteiger charge is 2.46. The number of benzene rings is 1. The van der Waals surface area contributed by atoms with E-state index in [0.717, 1.165) is 36.1 Å². The van der Waals surface area contributed by atoms with E-state index in [1.807, 2.05) is 6.07 Å². The van der Waals surface area contributed by atoms with Crippen molar-refractivity contribution in [3.8, 4) is 11.5 Å². The number of unbranched alkanes of at least 4 members (excludes halogenated alkanes) is 3. The highest BCUT2D eigenvalue weighted by atomic mass is 32.2. The number of rotatable bonds is 8. The molecule has 2 aliphatic rings. The summed E-state index contributed by atoms with van der Waals surface area (Å²) in [7, 11) is -0.840. The minimum atomic E-state index is -0.840. The van der Waals surface area contributed by atoms with Crippen molar-refractivity contribution in [3.05, 3.63) is 34.9 Å². The normalized spacial score (nSPS) is 23.7. The van der Waals surface area contributed by atoms with E-state index in [9.17, 15) is 9.32 Å². The van der Waals surface area contributed by atoms with E-state index >= 15 is 0 Å². The summed E-state index contributed by atoms with van der Waals surface area (Å²) in [5, 5.41) is 11.1. The van der Waals surface area contributed by atoms with Crippen molar-refractivity contribution in [1.82, 2.24) is 0 Å². The van der Waals surface area contributed by atoms with Gasteiger partial charge >= 0.3 is 0 Å². The van der Waals surface area contributed by atoms with Crippen LogP contribution >= 0.6 is 0 Å². The summed E-state index contributed by atoms with van der Waals surface area (Å²) >= 11 is 0. The summed E-state index contributed by atoms with van der Waals surface area (Å²) in [5.41, 5.74) is 3.08. The largest absolute Gasteiger partial charge is 0.508 e. The van der Waals surface area contributed by atoms with Gasteiger partial charge in [0.15, 0.2) is 0 Å². The fraction of sp³-hybridized carbons (Fsp3) is 0.692. The van der Waals surface area contributed by atoms with Crippen molar-refractivity contribution in [2.75, 3.05) is 12.0 Å². The molecule has 0 aromatic heterocycles. The number of phenolic OH excluding ortho intramolecular Hbond substituents is 1. The van der Waals surface area contributed by atoms with Crippen molar-refractivity contribution in [3.63, 3.8) is 0 Å². The molecule has 0 bridgehead atoms. The van der Waals surface area contributed by atoms with Crippen molar-refractivity contribution in [2.24, 2.45) is 5.92 Å². The maximum absolute atomic E-state index is 11.8. The summed E-state index contributed by atoms with van der Waals surface area (Å²) in [5.74, 6) is 2.38. The van der Waals surface area contributed by atoms with Gasteiger partial charge in [0.25, 0.3) is 0 Å². The second-order valence-electron chi connectivity index (χ2n) is 10.5. The number of hydrogen-bond donors (Lipinski definition) is 1. The summed E-state index contributed by atoms with van der Waals surface area (Å²) < 4.78 is 18.3. The predicted molar refractivity (Wildman–Crippen MR) is 127 cm³/mol. The van der Waals surface area contributed by atoms with Crippen LogP contribution in [0.4, 0.5) is 0 Å². The van der Waals surface area contributed by atoms with E-state index < -0.39 is 10.8 Å². The molecule has 1 N–H and O–H groups in total. The van der Waals surface area contributed by atoms with Gasteiger partial charge in [-0.15, -0.1) is 0 Å². The lowest BCUT2D eigenvalue weighted by Crippen LogP contribution is -2.45. The highest BCUT2D eigenvalue weighted by Crippen LogP contribution is 2.55. The smallest absolute Gasteiger partial charge is 0.127 e. The third-order valence-corrected chi connectivity index (χ3v) is 7.99. The minimum absolute atomic E-state index is 0.00133. The lowest BCUT2D eigenvalue weighted by atomic mass is 9.66. The van der Waals surface area contributed by atoms with E-state index in [1.165, 1.54) is 31.3 Å². The second kappa shape index (κ2) is 9.06. The summed E-state index contributed by atoms with van der Waals surface area (Å²) in [6.07, 6.45) is 11.9. The molecule has 0 saturated carbocycles. The number of ether oxygens (including phenoxy) is 1. The Bertz CT molecular complexity index is 822. The molecule has 1 heterocycles. The number of fused-ring (bicyclic) bond motifs is 3. The average Bonchev–Trinajstić information content (AvgIpc) is 2.63. The highest BCUT2D eigenvalue weighted by molar-refractivity contribution is 7.84. The van der Waals surface area contributed by atoms with Crippen LogP contribution < -0.4 is 4.74 Å². The zero-order valence-electron chi connectivity index (χ0n) is 19.7. The Hall–Kier alpha value is -1.29. The molecule has 168 valence electrons. The molecular weight excluding hydrogens is 392 g/mol. The fourth-order valence-electron chi connectivity index (χ4n) is 5.37. The van der Waals surface area contributed by atoms with Gasteiger partial charge in [0.2, 0.25) is 0 Å². The zero-order valence-corrected chi connectivity index (χ0v) is 20.5. The molecule has 4 heteroatoms. The van der Waals surface area contributed by atoms with Crippen molar-refractivity contribution < 1.29 is 14.1 Å². The van der Waals surface area contributed by atoms with Crippen LogP contribution in [-0.4, -0.2) is 26.9 Å². The van der Waals surface area contributed by atoms with Crippen LogP contribution in [-0.2, 0) is 16.2 Å². The van der Waals surface area contributed by atoms with Gasteiger partial charge < -0.3 is 9.84 Å². The first-order chi connectivity index (χ1) is 14.0. The first kappa shape index (κ1) is 23.4. The molecular formula is C26H40O3S. The van der Waals surface area contributed by atoms with E-state index in [1.54, 1.807) is 6.26 Å². The predicted octanol–water partition coefficient (Wildman–Crippen LogP) is 6.61. The Morgan fingerprint density at radius 2 is 1.97 bits per heavy atom. The van der Waals surface area contributed by atoms with Crippen LogP contribution in [0.15, 0.2) is 23.8 Å². The summed E-state index contributed by atoms with van der Waals surface area (Å²) in [6.45, 7) is 11.1. The van der Waals surface area contributed by atoms with Crippen molar-refractivity contribution in [1.29, 1.82) is 0 Å². The molecule has 30 heavy (non-hydrogen) atoms. The van der Waals surface area contributed by atoms with Gasteiger partial charge in [-0.2, -0.15) is 0 Å². The quantitative estimate of drug-likeness (QED) is 0.371. The van der Waals surface area contributed by atoms with Gasteiger partial charge in [-0.25, -0.2) is 0 Å². The third kappa shape index (κ3) is 4.95. The van der Waals surface area contributed by atoms with Crippen molar-refractivity contribution in [2.45, 2.75) is 96.5 Å². The van der Waals surface area contributed by atoms with Gasteiger partial charge in [-0.1, -0.05) is 58.1 Å². The number of allylic oxidation sites excluding steroid dienone is 1. The minimum Gasteiger partial charge on any atom is -0.508 e. The molecule has 2 unspecified atom stereocenters. The Labute approximate surface area is 185 Å². The first-order valence-corrected chi connectivity index (χ1v) is 13.3. The zero-order chi connectivity index (χ0) is 22.1. The number of phenols is 1. The number of hydrogen-bond acceptors (Lipinski definition) is 3. The molecule has 3 atom stereocenters. The van der Waals surface area contributed by atoms with Gasteiger partial charge in [0, 0.05) is 40.2 Å². The van der Waals surface area contributed by atoms with Crippen LogP contribution in [0, 0.1) is 5.92 Å². The van der Waals surface area contributed by atoms with E-state index in [4.69, 9.17) is 4.74 Å². The lowest BCUT2D eigenvalue weighted by molar-refractivity contribution is 0.00745. The van der Waals surface area contributed by atoms with Crippen LogP contribution in [0.1, 0.15) is 96.6 Å². The molecule has 1 aromatic carbocycles. The van der Waals surface area contributed by atoms with Gasteiger partial charge in [-0.05, 0) is 56.2 Å². The Morgan fingerprint density at radius 1 is 1.23 bits per heavy atom. The fourth-order valence-corrected chi connectivity index (χ4v) is 6.13. The van der Waals surface area contributed by atoms with Gasteiger partial charge in [0.05, 0.1) is 0 Å². The van der Waals surface area contributed by atoms with Crippen LogP contribution in [0.25, 0.3) is 0 Å². The van der Waals surface area contributed by atoms with E-state index in [0.29, 0.717) is 17.4 Å². The average molecular weight is 433 g/mol. The first-order valence-electron chi connectivity index (χ1n) is 11.6. The molecule has 0 radical (unpaired) electrons. The molecule has 1 aliphatic heterocycles.